The molecular weight excluding hydrogens is 200 g/mol. The molecule has 1 rings (SSSR count). The molecule has 82 valence electrons. The van der Waals surface area contributed by atoms with E-state index in [0.29, 0.717) is 5.69 Å². The van der Waals surface area contributed by atoms with Crippen molar-refractivity contribution in [2.75, 3.05) is 5.73 Å². The van der Waals surface area contributed by atoms with Crippen LogP contribution in [0, 0.1) is 6.92 Å². The van der Waals surface area contributed by atoms with Gasteiger partial charge in [-0.15, -0.1) is 0 Å². The molecule has 0 spiro atoms. The Balaban J connectivity index is 2.88. The first-order chi connectivity index (χ1) is 6.79. The Morgan fingerprint density at radius 2 is 2.07 bits per heavy atom. The summed E-state index contributed by atoms with van der Waals surface area (Å²) in [6.45, 7) is 2.46. The summed E-state index contributed by atoms with van der Waals surface area (Å²) in [5.74, 6) is -3.53. The average Bonchev–Trinajstić information content (AvgIpc) is 2.06. The monoisotopic (exact) mass is 213 g/mol. The fraction of sp³-hybridized carbons (Fsp3) is 0.364. The van der Waals surface area contributed by atoms with Gasteiger partial charge in [-0.05, 0) is 37.6 Å². The number of carbonyl (C=O) groups excluding carboxylic acids is 1. The molecule has 2 nitrogen and oxygen atoms in total. The molecule has 0 amide bonds. The summed E-state index contributed by atoms with van der Waals surface area (Å²) in [4.78, 5) is 11.4. The fourth-order valence-electron chi connectivity index (χ4n) is 1.23. The minimum Gasteiger partial charge on any atom is -0.399 e. The summed E-state index contributed by atoms with van der Waals surface area (Å²) >= 11 is 0. The van der Waals surface area contributed by atoms with Gasteiger partial charge in [-0.25, -0.2) is 8.78 Å². The minimum absolute atomic E-state index is 0.281. The highest BCUT2D eigenvalue weighted by Gasteiger charge is 2.26. The van der Waals surface area contributed by atoms with Crippen LogP contribution < -0.4 is 5.73 Å². The summed E-state index contributed by atoms with van der Waals surface area (Å²) in [5.41, 5.74) is 7.11. The molecular formula is C11H13F2NO. The number of benzene rings is 1. The van der Waals surface area contributed by atoms with Crippen molar-refractivity contribution >= 4 is 11.5 Å². The number of hydrogen-bond donors (Lipinski definition) is 1. The van der Waals surface area contributed by atoms with Gasteiger partial charge in [0.2, 0.25) is 0 Å². The van der Waals surface area contributed by atoms with Gasteiger partial charge in [0, 0.05) is 11.3 Å². The maximum atomic E-state index is 12.6. The normalized spacial score (nSPS) is 11.5. The van der Waals surface area contributed by atoms with Gasteiger partial charge in [0.1, 0.15) is 0 Å². The third kappa shape index (κ3) is 3.31. The Bertz CT molecular complexity index is 383. The van der Waals surface area contributed by atoms with Crippen LogP contribution in [0.1, 0.15) is 29.3 Å². The van der Waals surface area contributed by atoms with E-state index in [-0.39, 0.29) is 5.56 Å². The van der Waals surface area contributed by atoms with Gasteiger partial charge in [-0.3, -0.25) is 4.79 Å². The number of anilines is 1. The van der Waals surface area contributed by atoms with Crippen molar-refractivity contribution in [3.05, 3.63) is 29.3 Å². The summed E-state index contributed by atoms with van der Waals surface area (Å²) < 4.78 is 25.2. The summed E-state index contributed by atoms with van der Waals surface area (Å²) in [5, 5.41) is 0. The number of alkyl halides is 2. The molecule has 0 saturated heterocycles. The topological polar surface area (TPSA) is 43.1 Å². The zero-order valence-corrected chi connectivity index (χ0v) is 8.68. The molecule has 0 aliphatic rings. The second-order valence-electron chi connectivity index (χ2n) is 3.74. The lowest BCUT2D eigenvalue weighted by Gasteiger charge is -2.09. The zero-order valence-electron chi connectivity index (χ0n) is 8.68. The van der Waals surface area contributed by atoms with Crippen LogP contribution in [-0.4, -0.2) is 11.7 Å². The quantitative estimate of drug-likeness (QED) is 0.619. The molecule has 0 aliphatic carbocycles. The van der Waals surface area contributed by atoms with E-state index in [1.54, 1.807) is 13.0 Å². The van der Waals surface area contributed by atoms with Crippen LogP contribution in [0.3, 0.4) is 0 Å². The van der Waals surface area contributed by atoms with Crippen LogP contribution >= 0.6 is 0 Å². The van der Waals surface area contributed by atoms with Gasteiger partial charge in [-0.2, -0.15) is 0 Å². The third-order valence-electron chi connectivity index (χ3n) is 2.06. The zero-order chi connectivity index (χ0) is 11.6. The molecule has 0 heterocycles. The molecule has 0 aliphatic heterocycles. The van der Waals surface area contributed by atoms with Crippen LogP contribution in [0.25, 0.3) is 0 Å². The first kappa shape index (κ1) is 11.6. The number of carbonyl (C=O) groups is 1. The lowest BCUT2D eigenvalue weighted by atomic mass is 10.0. The van der Waals surface area contributed by atoms with Crippen molar-refractivity contribution in [3.63, 3.8) is 0 Å². The Morgan fingerprint density at radius 1 is 1.47 bits per heavy atom. The second kappa shape index (κ2) is 3.96. The number of nitrogens with two attached hydrogens (primary N) is 1. The lowest BCUT2D eigenvalue weighted by Crippen LogP contribution is -2.16. The molecule has 2 N–H and O–H groups in total. The van der Waals surface area contributed by atoms with E-state index < -0.39 is 18.1 Å². The lowest BCUT2D eigenvalue weighted by molar-refractivity contribution is 0.0156. The Morgan fingerprint density at radius 3 is 2.53 bits per heavy atom. The predicted octanol–water partition coefficient (Wildman–Crippen LogP) is 2.81. The number of Topliss-reactive ketones (excluding diaryl/α,β-unsaturated/α-hetero) is 1. The van der Waals surface area contributed by atoms with Crippen molar-refractivity contribution in [2.45, 2.75) is 26.2 Å². The minimum atomic E-state index is -2.97. The van der Waals surface area contributed by atoms with Gasteiger partial charge in [0.25, 0.3) is 5.92 Å². The van der Waals surface area contributed by atoms with Crippen LogP contribution in [0.2, 0.25) is 0 Å². The van der Waals surface area contributed by atoms with E-state index in [0.717, 1.165) is 12.5 Å². The van der Waals surface area contributed by atoms with Gasteiger partial charge in [-0.1, -0.05) is 0 Å². The molecule has 15 heavy (non-hydrogen) atoms. The Hall–Kier alpha value is -1.45. The highest BCUT2D eigenvalue weighted by Crippen LogP contribution is 2.21. The van der Waals surface area contributed by atoms with E-state index in [9.17, 15) is 13.6 Å². The first-order valence-corrected chi connectivity index (χ1v) is 4.57. The Kier molecular flexibility index (Phi) is 3.07. The molecule has 4 heteroatoms. The summed E-state index contributed by atoms with van der Waals surface area (Å²) in [6.07, 6.45) is -0.768. The van der Waals surface area contributed by atoms with E-state index in [1.807, 2.05) is 0 Å². The molecule has 1 aromatic rings. The third-order valence-corrected chi connectivity index (χ3v) is 2.06. The number of halogens is 2. The number of nitrogen functional groups attached to an aromatic ring is 1. The van der Waals surface area contributed by atoms with Gasteiger partial charge in [0.15, 0.2) is 5.78 Å². The first-order valence-electron chi connectivity index (χ1n) is 4.57. The predicted molar refractivity (Wildman–Crippen MR) is 55.2 cm³/mol. The van der Waals surface area contributed by atoms with Crippen molar-refractivity contribution in [2.24, 2.45) is 0 Å². The standard InChI is InChI=1S/C11H13F2NO/c1-7-5-8(3-4-9(7)14)10(15)6-11(2,12)13/h3-5H,6,14H2,1-2H3. The van der Waals surface area contributed by atoms with Crippen LogP contribution in [0.5, 0.6) is 0 Å². The summed E-state index contributed by atoms with van der Waals surface area (Å²) in [7, 11) is 0. The second-order valence-corrected chi connectivity index (χ2v) is 3.74. The number of aryl methyl sites for hydroxylation is 1. The SMILES string of the molecule is Cc1cc(C(=O)CC(C)(F)F)ccc1N. The maximum absolute atomic E-state index is 12.6. The molecule has 0 unspecified atom stereocenters. The van der Waals surface area contributed by atoms with Crippen LogP contribution in [-0.2, 0) is 0 Å². The Labute approximate surface area is 87.1 Å². The smallest absolute Gasteiger partial charge is 0.252 e. The molecule has 1 aromatic carbocycles. The molecule has 0 bridgehead atoms. The molecule has 0 fully saturated rings. The maximum Gasteiger partial charge on any atom is 0.252 e. The van der Waals surface area contributed by atoms with Gasteiger partial charge >= 0.3 is 0 Å². The van der Waals surface area contributed by atoms with Crippen LogP contribution in [0.15, 0.2) is 18.2 Å². The van der Waals surface area contributed by atoms with Crippen molar-refractivity contribution < 1.29 is 13.6 Å². The van der Waals surface area contributed by atoms with Gasteiger partial charge < -0.3 is 5.73 Å². The van der Waals surface area contributed by atoms with E-state index in [4.69, 9.17) is 5.73 Å². The number of rotatable bonds is 3. The van der Waals surface area contributed by atoms with Crippen molar-refractivity contribution in [1.29, 1.82) is 0 Å². The highest BCUT2D eigenvalue weighted by molar-refractivity contribution is 5.97. The molecule has 0 radical (unpaired) electrons. The van der Waals surface area contributed by atoms with E-state index >= 15 is 0 Å². The van der Waals surface area contributed by atoms with E-state index in [1.165, 1.54) is 12.1 Å². The fourth-order valence-corrected chi connectivity index (χ4v) is 1.23. The highest BCUT2D eigenvalue weighted by atomic mass is 19.3. The molecule has 0 aromatic heterocycles. The number of hydrogen-bond acceptors (Lipinski definition) is 2. The van der Waals surface area contributed by atoms with Crippen molar-refractivity contribution in [3.8, 4) is 0 Å². The number of ketones is 1. The van der Waals surface area contributed by atoms with E-state index in [2.05, 4.69) is 0 Å². The van der Waals surface area contributed by atoms with Crippen LogP contribution in [0.4, 0.5) is 14.5 Å². The van der Waals surface area contributed by atoms with Gasteiger partial charge in [0.05, 0.1) is 6.42 Å². The largest absolute Gasteiger partial charge is 0.399 e. The molecule has 0 atom stereocenters. The average molecular weight is 213 g/mol. The summed E-state index contributed by atoms with van der Waals surface area (Å²) in [6, 6.07) is 4.55. The molecule has 0 saturated carbocycles. The van der Waals surface area contributed by atoms with Crippen molar-refractivity contribution in [1.82, 2.24) is 0 Å².